The van der Waals surface area contributed by atoms with Gasteiger partial charge in [0.25, 0.3) is 0 Å². The van der Waals surface area contributed by atoms with Gasteiger partial charge in [-0.3, -0.25) is 0 Å². The zero-order valence-corrected chi connectivity index (χ0v) is 17.8. The molecule has 0 saturated heterocycles. The maximum Gasteiger partial charge on any atom is 0.209 e. The highest BCUT2D eigenvalue weighted by molar-refractivity contribution is 7.99. The molecule has 4 rings (SSSR count). The van der Waals surface area contributed by atoms with Gasteiger partial charge in [0.05, 0.1) is 0 Å². The minimum Gasteiger partial charge on any atom is -0.343 e. The number of fused-ring (bicyclic) bond motifs is 1. The zero-order chi connectivity index (χ0) is 20.1. The van der Waals surface area contributed by atoms with E-state index in [2.05, 4.69) is 61.9 Å². The molecule has 1 N–H and O–H groups in total. The van der Waals surface area contributed by atoms with Crippen LogP contribution in [0.5, 0.6) is 0 Å². The van der Waals surface area contributed by atoms with Crippen molar-refractivity contribution >= 4 is 34.3 Å². The average Bonchev–Trinajstić information content (AvgIpc) is 3.30. The Balaban J connectivity index is 1.36. The van der Waals surface area contributed by atoms with Crippen molar-refractivity contribution in [3.05, 3.63) is 70.9 Å². The fraction of sp³-hybridized carbons (Fsp3) is 0.286. The Labute approximate surface area is 179 Å². The van der Waals surface area contributed by atoms with E-state index in [1.807, 2.05) is 25.2 Å². The van der Waals surface area contributed by atoms with Gasteiger partial charge in [0.2, 0.25) is 5.16 Å². The second kappa shape index (κ2) is 9.43. The summed E-state index contributed by atoms with van der Waals surface area (Å²) >= 11 is 8.05. The van der Waals surface area contributed by atoms with Crippen LogP contribution in [0.2, 0.25) is 5.02 Å². The van der Waals surface area contributed by atoms with Crippen LogP contribution in [0.1, 0.15) is 17.5 Å². The number of hydrogen-bond donors (Lipinski definition) is 1. The van der Waals surface area contributed by atoms with Crippen LogP contribution in [0.25, 0.3) is 10.9 Å². The van der Waals surface area contributed by atoms with Crippen LogP contribution in [0.15, 0.2) is 59.9 Å². The van der Waals surface area contributed by atoms with E-state index >= 15 is 0 Å². The number of aromatic nitrogens is 5. The molecule has 150 valence electrons. The summed E-state index contributed by atoms with van der Waals surface area (Å²) in [7, 11) is 1.86. The lowest BCUT2D eigenvalue weighted by molar-refractivity contribution is 0.661. The number of tetrazole rings is 1. The van der Waals surface area contributed by atoms with Crippen LogP contribution in [-0.2, 0) is 20.1 Å². The van der Waals surface area contributed by atoms with Crippen LogP contribution in [0, 0.1) is 0 Å². The van der Waals surface area contributed by atoms with Crippen molar-refractivity contribution in [3.8, 4) is 0 Å². The van der Waals surface area contributed by atoms with E-state index in [1.165, 1.54) is 16.5 Å². The molecule has 0 fully saturated rings. The molecule has 0 saturated carbocycles. The molecule has 0 radical (unpaired) electrons. The maximum absolute atomic E-state index is 6.37. The summed E-state index contributed by atoms with van der Waals surface area (Å²) in [5.74, 6) is 0.982. The molecule has 2 aromatic heterocycles. The van der Waals surface area contributed by atoms with Gasteiger partial charge in [-0.2, -0.15) is 0 Å². The summed E-state index contributed by atoms with van der Waals surface area (Å²) in [5.41, 5.74) is 3.66. The van der Waals surface area contributed by atoms with Crippen molar-refractivity contribution in [3.63, 3.8) is 0 Å². The highest BCUT2D eigenvalue weighted by Gasteiger charge is 2.09. The smallest absolute Gasteiger partial charge is 0.209 e. The van der Waals surface area contributed by atoms with Gasteiger partial charge in [0.1, 0.15) is 0 Å². The Morgan fingerprint density at radius 1 is 1.07 bits per heavy atom. The normalized spacial score (nSPS) is 11.4. The second-order valence-electron chi connectivity index (χ2n) is 6.85. The second-order valence-corrected chi connectivity index (χ2v) is 8.32. The first-order valence-corrected chi connectivity index (χ1v) is 10.9. The average molecular weight is 427 g/mol. The molecule has 29 heavy (non-hydrogen) atoms. The number of rotatable bonds is 9. The lowest BCUT2D eigenvalue weighted by atomic mass is 10.2. The van der Waals surface area contributed by atoms with E-state index in [1.54, 1.807) is 16.4 Å². The van der Waals surface area contributed by atoms with E-state index < -0.39 is 0 Å². The Morgan fingerprint density at radius 2 is 1.90 bits per heavy atom. The van der Waals surface area contributed by atoms with Gasteiger partial charge in [-0.15, -0.1) is 5.10 Å². The van der Waals surface area contributed by atoms with Crippen LogP contribution >= 0.6 is 23.4 Å². The molecule has 0 bridgehead atoms. The van der Waals surface area contributed by atoms with Crippen molar-refractivity contribution in [2.75, 3.05) is 12.3 Å². The summed E-state index contributed by atoms with van der Waals surface area (Å²) in [6.45, 7) is 2.55. The molecule has 8 heteroatoms. The van der Waals surface area contributed by atoms with E-state index in [0.29, 0.717) is 0 Å². The summed E-state index contributed by atoms with van der Waals surface area (Å²) in [4.78, 5) is 0. The predicted molar refractivity (Wildman–Crippen MR) is 118 cm³/mol. The molecule has 0 atom stereocenters. The van der Waals surface area contributed by atoms with Crippen molar-refractivity contribution in [2.24, 2.45) is 7.05 Å². The van der Waals surface area contributed by atoms with Crippen molar-refractivity contribution in [1.29, 1.82) is 0 Å². The molecule has 0 aliphatic heterocycles. The van der Waals surface area contributed by atoms with E-state index in [-0.39, 0.29) is 0 Å². The molecule has 0 aliphatic carbocycles. The first-order chi connectivity index (χ1) is 14.2. The van der Waals surface area contributed by atoms with Gasteiger partial charge in [-0.05, 0) is 46.7 Å². The number of para-hydroxylation sites is 1. The fourth-order valence-corrected chi connectivity index (χ4v) is 4.32. The summed E-state index contributed by atoms with van der Waals surface area (Å²) < 4.78 is 3.98. The highest BCUT2D eigenvalue weighted by atomic mass is 35.5. The van der Waals surface area contributed by atoms with Crippen LogP contribution in [-0.4, -0.2) is 37.1 Å². The third kappa shape index (κ3) is 4.80. The van der Waals surface area contributed by atoms with Gasteiger partial charge in [-0.1, -0.05) is 59.8 Å². The maximum atomic E-state index is 6.37. The molecule has 0 unspecified atom stereocenters. The fourth-order valence-electron chi connectivity index (χ4n) is 3.33. The van der Waals surface area contributed by atoms with E-state index in [9.17, 15) is 0 Å². The number of nitrogens with one attached hydrogen (secondary N) is 1. The Hall–Kier alpha value is -2.35. The number of benzene rings is 2. The molecule has 0 aliphatic rings. The summed E-state index contributed by atoms with van der Waals surface area (Å²) in [6.07, 6.45) is 3.29. The minimum absolute atomic E-state index is 0.766. The predicted octanol–water partition coefficient (Wildman–Crippen LogP) is 4.14. The Morgan fingerprint density at radius 3 is 2.72 bits per heavy atom. The molecule has 6 nitrogen and oxygen atoms in total. The molecule has 0 amide bonds. The van der Waals surface area contributed by atoms with E-state index in [4.69, 9.17) is 11.6 Å². The number of nitrogens with zero attached hydrogens (tertiary/aromatic N) is 5. The van der Waals surface area contributed by atoms with Crippen LogP contribution < -0.4 is 5.32 Å². The third-order valence-corrected chi connectivity index (χ3v) is 6.26. The molecular weight excluding hydrogens is 404 g/mol. The van der Waals surface area contributed by atoms with Gasteiger partial charge >= 0.3 is 0 Å². The summed E-state index contributed by atoms with van der Waals surface area (Å²) in [5, 5.41) is 18.0. The summed E-state index contributed by atoms with van der Waals surface area (Å²) in [6, 6.07) is 16.6. The number of aryl methyl sites for hydroxylation is 1. The highest BCUT2D eigenvalue weighted by Crippen LogP contribution is 2.24. The topological polar surface area (TPSA) is 60.6 Å². The van der Waals surface area contributed by atoms with Gasteiger partial charge in [-0.25, -0.2) is 4.68 Å². The van der Waals surface area contributed by atoms with Crippen LogP contribution in [0.4, 0.5) is 0 Å². The number of hydrogen-bond acceptors (Lipinski definition) is 5. The first kappa shape index (κ1) is 19.9. The van der Waals surface area contributed by atoms with Crippen molar-refractivity contribution in [1.82, 2.24) is 30.1 Å². The molecule has 2 heterocycles. The monoisotopic (exact) mass is 426 g/mol. The quantitative estimate of drug-likeness (QED) is 0.322. The van der Waals surface area contributed by atoms with Crippen molar-refractivity contribution < 1.29 is 0 Å². The lowest BCUT2D eigenvalue weighted by Gasteiger charge is -2.07. The van der Waals surface area contributed by atoms with Crippen LogP contribution in [0.3, 0.4) is 0 Å². The Kier molecular flexibility index (Phi) is 6.49. The molecular formula is C21H23ClN6S. The Bertz CT molecular complexity index is 1090. The minimum atomic E-state index is 0.766. The SMILES string of the molecule is Cn1nnnc1SCCCNCc1cn(Cc2ccccc2Cl)c2ccccc12. The van der Waals surface area contributed by atoms with Gasteiger partial charge in [0, 0.05) is 48.0 Å². The molecule has 0 spiro atoms. The zero-order valence-electron chi connectivity index (χ0n) is 16.3. The lowest BCUT2D eigenvalue weighted by Crippen LogP contribution is -2.15. The first-order valence-electron chi connectivity index (χ1n) is 9.58. The third-order valence-electron chi connectivity index (χ3n) is 4.80. The molecule has 2 aromatic carbocycles. The largest absolute Gasteiger partial charge is 0.343 e. The van der Waals surface area contributed by atoms with Gasteiger partial charge in [0.15, 0.2) is 0 Å². The number of thioether (sulfide) groups is 1. The molecule has 4 aromatic rings. The van der Waals surface area contributed by atoms with E-state index in [0.717, 1.165) is 47.6 Å². The van der Waals surface area contributed by atoms with Crippen molar-refractivity contribution in [2.45, 2.75) is 24.7 Å². The number of halogens is 1. The standard InChI is InChI=1S/C21H23ClN6S/c1-27-21(24-25-26-27)29-12-6-11-23-13-17-15-28(20-10-5-3-8-18(17)20)14-16-7-2-4-9-19(16)22/h2-5,7-10,15,23H,6,11-14H2,1H3. The van der Waals surface area contributed by atoms with Gasteiger partial charge < -0.3 is 9.88 Å².